The molecule has 0 saturated heterocycles. The molecule has 1 aliphatic rings. The average Bonchev–Trinajstić information content (AvgIpc) is 2.94. The van der Waals surface area contributed by atoms with Gasteiger partial charge in [-0.05, 0) is 48.8 Å². The van der Waals surface area contributed by atoms with Crippen molar-refractivity contribution in [2.75, 3.05) is 14.2 Å². The molecule has 21 heavy (non-hydrogen) atoms. The second-order valence-electron chi connectivity index (χ2n) is 6.75. The van der Waals surface area contributed by atoms with Crippen LogP contribution < -0.4 is 15.2 Å². The van der Waals surface area contributed by atoms with Crippen molar-refractivity contribution in [1.29, 1.82) is 0 Å². The molecule has 3 nitrogen and oxygen atoms in total. The summed E-state index contributed by atoms with van der Waals surface area (Å²) in [5.74, 6) is 2.38. The Labute approximate surface area is 128 Å². The van der Waals surface area contributed by atoms with Crippen LogP contribution in [0.2, 0.25) is 0 Å². The number of ether oxygens (including phenoxy) is 2. The van der Waals surface area contributed by atoms with E-state index in [2.05, 4.69) is 13.8 Å². The molecule has 0 spiro atoms. The maximum absolute atomic E-state index is 6.75. The molecule has 0 aliphatic heterocycles. The number of benzene rings is 1. The van der Waals surface area contributed by atoms with Crippen molar-refractivity contribution in [2.24, 2.45) is 17.1 Å². The monoisotopic (exact) mass is 291 g/mol. The summed E-state index contributed by atoms with van der Waals surface area (Å²) in [4.78, 5) is 0. The van der Waals surface area contributed by atoms with Crippen LogP contribution in [0.1, 0.15) is 57.6 Å². The first-order valence-electron chi connectivity index (χ1n) is 8.00. The molecule has 3 heteroatoms. The molecule has 1 saturated carbocycles. The van der Waals surface area contributed by atoms with Crippen LogP contribution in [0, 0.1) is 11.3 Å². The summed E-state index contributed by atoms with van der Waals surface area (Å²) < 4.78 is 10.9. The minimum Gasteiger partial charge on any atom is -0.497 e. The number of hydrogen-bond acceptors (Lipinski definition) is 3. The average molecular weight is 291 g/mol. The fourth-order valence-electron chi connectivity index (χ4n) is 3.95. The number of nitrogens with two attached hydrogens (primary N) is 1. The Morgan fingerprint density at radius 1 is 1.14 bits per heavy atom. The molecule has 0 bridgehead atoms. The molecule has 1 aromatic carbocycles. The van der Waals surface area contributed by atoms with Crippen LogP contribution in [-0.4, -0.2) is 14.2 Å². The van der Waals surface area contributed by atoms with Crippen molar-refractivity contribution in [3.63, 3.8) is 0 Å². The van der Waals surface area contributed by atoms with E-state index in [1.54, 1.807) is 14.2 Å². The Morgan fingerprint density at radius 3 is 2.33 bits per heavy atom. The van der Waals surface area contributed by atoms with Crippen LogP contribution in [0.5, 0.6) is 11.5 Å². The molecule has 2 rings (SSSR count). The predicted molar refractivity (Wildman–Crippen MR) is 86.8 cm³/mol. The second-order valence-corrected chi connectivity index (χ2v) is 6.75. The topological polar surface area (TPSA) is 44.5 Å². The Morgan fingerprint density at radius 2 is 1.81 bits per heavy atom. The van der Waals surface area contributed by atoms with Gasteiger partial charge in [0.25, 0.3) is 0 Å². The van der Waals surface area contributed by atoms with Gasteiger partial charge in [0, 0.05) is 11.6 Å². The van der Waals surface area contributed by atoms with Crippen molar-refractivity contribution in [3.05, 3.63) is 23.8 Å². The van der Waals surface area contributed by atoms with E-state index >= 15 is 0 Å². The third kappa shape index (κ3) is 3.34. The van der Waals surface area contributed by atoms with Crippen LogP contribution in [0.25, 0.3) is 0 Å². The molecule has 1 fully saturated rings. The zero-order valence-electron chi connectivity index (χ0n) is 13.8. The van der Waals surface area contributed by atoms with Crippen LogP contribution in [0.4, 0.5) is 0 Å². The number of rotatable bonds is 6. The van der Waals surface area contributed by atoms with Crippen LogP contribution in [-0.2, 0) is 0 Å². The van der Waals surface area contributed by atoms with E-state index in [0.717, 1.165) is 17.1 Å². The standard InChI is InChI=1S/C18H29NO2/c1-13(2)12-18(9-5-6-10-18)17(19)15-11-14(20-3)7-8-16(15)21-4/h7-8,11,13,17H,5-6,9-10,12,19H2,1-4H3. The van der Waals surface area contributed by atoms with Crippen LogP contribution >= 0.6 is 0 Å². The summed E-state index contributed by atoms with van der Waals surface area (Å²) in [7, 11) is 3.40. The molecular formula is C18H29NO2. The third-order valence-electron chi connectivity index (χ3n) is 4.85. The van der Waals surface area contributed by atoms with Gasteiger partial charge in [0.15, 0.2) is 0 Å². The van der Waals surface area contributed by atoms with Gasteiger partial charge in [-0.15, -0.1) is 0 Å². The molecule has 0 radical (unpaired) electrons. The first-order valence-corrected chi connectivity index (χ1v) is 8.00. The summed E-state index contributed by atoms with van der Waals surface area (Å²) >= 11 is 0. The van der Waals surface area contributed by atoms with Gasteiger partial charge in [0.2, 0.25) is 0 Å². The van der Waals surface area contributed by atoms with Gasteiger partial charge >= 0.3 is 0 Å². The van der Waals surface area contributed by atoms with E-state index in [1.165, 1.54) is 32.1 Å². The zero-order valence-corrected chi connectivity index (χ0v) is 13.8. The first-order chi connectivity index (χ1) is 10.0. The minimum absolute atomic E-state index is 0.00690. The minimum atomic E-state index is 0.00690. The lowest BCUT2D eigenvalue weighted by Gasteiger charge is -2.37. The highest BCUT2D eigenvalue weighted by molar-refractivity contribution is 5.43. The van der Waals surface area contributed by atoms with E-state index in [1.807, 2.05) is 18.2 Å². The van der Waals surface area contributed by atoms with Gasteiger partial charge in [-0.2, -0.15) is 0 Å². The highest BCUT2D eigenvalue weighted by Crippen LogP contribution is 2.52. The van der Waals surface area contributed by atoms with E-state index in [4.69, 9.17) is 15.2 Å². The summed E-state index contributed by atoms with van der Waals surface area (Å²) in [5.41, 5.74) is 8.03. The number of methoxy groups -OCH3 is 2. The molecule has 118 valence electrons. The van der Waals surface area contributed by atoms with Crippen LogP contribution in [0.15, 0.2) is 18.2 Å². The highest BCUT2D eigenvalue weighted by Gasteiger charge is 2.41. The summed E-state index contributed by atoms with van der Waals surface area (Å²) in [5, 5.41) is 0. The zero-order chi connectivity index (χ0) is 15.5. The van der Waals surface area contributed by atoms with E-state index in [9.17, 15) is 0 Å². The Bertz CT molecular complexity index is 464. The van der Waals surface area contributed by atoms with Crippen molar-refractivity contribution in [1.82, 2.24) is 0 Å². The van der Waals surface area contributed by atoms with Crippen LogP contribution in [0.3, 0.4) is 0 Å². The fraction of sp³-hybridized carbons (Fsp3) is 0.667. The van der Waals surface area contributed by atoms with Gasteiger partial charge in [-0.25, -0.2) is 0 Å². The molecule has 0 heterocycles. The van der Waals surface area contributed by atoms with Crippen molar-refractivity contribution in [3.8, 4) is 11.5 Å². The Kier molecular flexibility index (Phi) is 5.15. The third-order valence-corrected chi connectivity index (χ3v) is 4.85. The van der Waals surface area contributed by atoms with E-state index in [0.29, 0.717) is 5.92 Å². The molecule has 2 N–H and O–H groups in total. The highest BCUT2D eigenvalue weighted by atomic mass is 16.5. The van der Waals surface area contributed by atoms with Gasteiger partial charge in [0.1, 0.15) is 11.5 Å². The lowest BCUT2D eigenvalue weighted by atomic mass is 9.70. The summed E-state index contributed by atoms with van der Waals surface area (Å²) in [6, 6.07) is 5.95. The van der Waals surface area contributed by atoms with Crippen molar-refractivity contribution < 1.29 is 9.47 Å². The van der Waals surface area contributed by atoms with E-state index < -0.39 is 0 Å². The first kappa shape index (κ1) is 16.2. The predicted octanol–water partition coefficient (Wildman–Crippen LogP) is 4.31. The molecule has 1 atom stereocenters. The summed E-state index contributed by atoms with van der Waals surface area (Å²) in [6.07, 6.45) is 6.17. The molecule has 1 aliphatic carbocycles. The summed E-state index contributed by atoms with van der Waals surface area (Å²) in [6.45, 7) is 4.57. The lowest BCUT2D eigenvalue weighted by molar-refractivity contribution is 0.180. The maximum Gasteiger partial charge on any atom is 0.123 e. The van der Waals surface area contributed by atoms with Crippen molar-refractivity contribution in [2.45, 2.75) is 52.0 Å². The second kappa shape index (κ2) is 6.69. The Hall–Kier alpha value is -1.22. The van der Waals surface area contributed by atoms with E-state index in [-0.39, 0.29) is 11.5 Å². The SMILES string of the molecule is COc1ccc(OC)c(C(N)C2(CC(C)C)CCCC2)c1. The molecule has 0 amide bonds. The van der Waals surface area contributed by atoms with Crippen molar-refractivity contribution >= 4 is 0 Å². The lowest BCUT2D eigenvalue weighted by Crippen LogP contribution is -2.34. The van der Waals surface area contributed by atoms with Gasteiger partial charge in [-0.1, -0.05) is 26.7 Å². The largest absolute Gasteiger partial charge is 0.497 e. The molecular weight excluding hydrogens is 262 g/mol. The normalized spacial score (nSPS) is 18.8. The molecule has 0 aromatic heterocycles. The molecule has 1 unspecified atom stereocenters. The van der Waals surface area contributed by atoms with Gasteiger partial charge in [0.05, 0.1) is 14.2 Å². The Balaban J connectivity index is 2.38. The van der Waals surface area contributed by atoms with Gasteiger partial charge in [-0.3, -0.25) is 0 Å². The smallest absolute Gasteiger partial charge is 0.123 e. The number of hydrogen-bond donors (Lipinski definition) is 1. The van der Waals surface area contributed by atoms with Gasteiger partial charge < -0.3 is 15.2 Å². The quantitative estimate of drug-likeness (QED) is 0.849. The fourth-order valence-corrected chi connectivity index (χ4v) is 3.95. The molecule has 1 aromatic rings. The maximum atomic E-state index is 6.75.